The van der Waals surface area contributed by atoms with Gasteiger partial charge in [0.15, 0.2) is 0 Å². The molecule has 1 aromatic rings. The number of nitrogens with zero attached hydrogens (tertiary/aromatic N) is 1. The molecule has 0 aromatic carbocycles. The molecule has 1 aliphatic heterocycles. The summed E-state index contributed by atoms with van der Waals surface area (Å²) in [5.41, 5.74) is -2.86. The van der Waals surface area contributed by atoms with E-state index in [1.807, 2.05) is 25.8 Å². The molecule has 1 aromatic heterocycles. The van der Waals surface area contributed by atoms with Crippen molar-refractivity contribution in [2.75, 3.05) is 11.9 Å². The highest BCUT2D eigenvalue weighted by molar-refractivity contribution is 5.97. The van der Waals surface area contributed by atoms with Gasteiger partial charge in [0, 0.05) is 24.7 Å². The van der Waals surface area contributed by atoms with Crippen LogP contribution in [0.1, 0.15) is 32.8 Å². The van der Waals surface area contributed by atoms with E-state index in [1.165, 1.54) is 4.90 Å². The number of alkyl halides is 3. The smallest absolute Gasteiger partial charge is 0.337 e. The van der Waals surface area contributed by atoms with Crippen molar-refractivity contribution >= 4 is 17.5 Å². The van der Waals surface area contributed by atoms with E-state index < -0.39 is 40.4 Å². The van der Waals surface area contributed by atoms with E-state index in [9.17, 15) is 27.6 Å². The number of carbonyl (C=O) groups excluding carboxylic acids is 2. The van der Waals surface area contributed by atoms with Crippen LogP contribution in [-0.2, 0) is 15.8 Å². The lowest BCUT2D eigenvalue weighted by molar-refractivity contribution is -0.138. The number of hydrogen-bond acceptors (Lipinski definition) is 3. The Morgan fingerprint density at radius 2 is 1.92 bits per heavy atom. The number of H-pyrrole nitrogens is 1. The minimum Gasteiger partial charge on any atom is -0.337 e. The molecule has 0 bridgehead atoms. The third-order valence-corrected chi connectivity index (χ3v) is 3.79. The van der Waals surface area contributed by atoms with Crippen molar-refractivity contribution in [3.05, 3.63) is 28.2 Å². The van der Waals surface area contributed by atoms with Gasteiger partial charge in [-0.3, -0.25) is 14.4 Å². The summed E-state index contributed by atoms with van der Waals surface area (Å²) in [4.78, 5) is 39.3. The molecule has 0 radical (unpaired) electrons. The Kier molecular flexibility index (Phi) is 4.47. The molecule has 1 fully saturated rings. The van der Waals surface area contributed by atoms with Gasteiger partial charge in [-0.2, -0.15) is 13.2 Å². The van der Waals surface area contributed by atoms with Gasteiger partial charge < -0.3 is 15.2 Å². The molecule has 2 rings (SSSR count). The number of amides is 2. The molecule has 1 unspecified atom stereocenters. The highest BCUT2D eigenvalue weighted by atomic mass is 19.4. The van der Waals surface area contributed by atoms with Crippen LogP contribution in [-0.4, -0.2) is 33.8 Å². The highest BCUT2D eigenvalue weighted by Gasteiger charge is 2.39. The molecule has 1 saturated heterocycles. The average molecular weight is 345 g/mol. The van der Waals surface area contributed by atoms with E-state index in [4.69, 9.17) is 0 Å². The predicted molar refractivity (Wildman–Crippen MR) is 80.3 cm³/mol. The van der Waals surface area contributed by atoms with Gasteiger partial charge in [-0.25, -0.2) is 0 Å². The molecular formula is C15H18F3N3O3. The highest BCUT2D eigenvalue weighted by Crippen LogP contribution is 2.30. The summed E-state index contributed by atoms with van der Waals surface area (Å²) in [5.74, 6) is -1.58. The van der Waals surface area contributed by atoms with Crippen molar-refractivity contribution in [1.29, 1.82) is 0 Å². The lowest BCUT2D eigenvalue weighted by Crippen LogP contribution is -2.42. The second-order valence-electron chi connectivity index (χ2n) is 6.69. The summed E-state index contributed by atoms with van der Waals surface area (Å²) in [5, 5.41) is 2.20. The number of nitrogens with one attached hydrogen (secondary N) is 2. The molecule has 2 heterocycles. The van der Waals surface area contributed by atoms with Gasteiger partial charge in [0.2, 0.25) is 11.8 Å². The maximum Gasteiger partial charge on any atom is 0.417 e. The topological polar surface area (TPSA) is 82.3 Å². The molecule has 9 heteroatoms. The van der Waals surface area contributed by atoms with Crippen LogP contribution in [0.15, 0.2) is 17.1 Å². The molecule has 6 nitrogen and oxygen atoms in total. The summed E-state index contributed by atoms with van der Waals surface area (Å²) < 4.78 is 38.1. The maximum absolute atomic E-state index is 12.7. The van der Waals surface area contributed by atoms with Crippen LogP contribution in [0.4, 0.5) is 18.9 Å². The Balaban J connectivity index is 2.17. The lowest BCUT2D eigenvalue weighted by Gasteiger charge is -2.31. The number of likely N-dealkylation sites (tertiary alicyclic amines) is 1. The molecular weight excluding hydrogens is 327 g/mol. The van der Waals surface area contributed by atoms with E-state index in [0.29, 0.717) is 12.3 Å². The van der Waals surface area contributed by atoms with Crippen LogP contribution in [0.25, 0.3) is 0 Å². The van der Waals surface area contributed by atoms with Gasteiger partial charge in [-0.15, -0.1) is 0 Å². The molecule has 1 atom stereocenters. The molecule has 2 N–H and O–H groups in total. The Morgan fingerprint density at radius 1 is 1.29 bits per heavy atom. The van der Waals surface area contributed by atoms with Crippen LogP contribution >= 0.6 is 0 Å². The minimum atomic E-state index is -4.64. The van der Waals surface area contributed by atoms with Crippen LogP contribution in [0.2, 0.25) is 0 Å². The Labute approximate surface area is 136 Å². The average Bonchev–Trinajstić information content (AvgIpc) is 2.82. The normalized spacial score (nSPS) is 18.8. The number of hydrogen-bond donors (Lipinski definition) is 2. The standard InChI is InChI=1S/C15H18F3N3O3/c1-14(2,3)21-7-8(4-11(21)22)12(23)20-10-5-9(15(16,17)18)6-19-13(10)24/h5-6,8H,4,7H2,1-3H3,(H,19,24)(H,20,23). The Bertz CT molecular complexity index is 719. The summed E-state index contributed by atoms with van der Waals surface area (Å²) in [7, 11) is 0. The third-order valence-electron chi connectivity index (χ3n) is 3.79. The van der Waals surface area contributed by atoms with E-state index in [2.05, 4.69) is 5.32 Å². The summed E-state index contributed by atoms with van der Waals surface area (Å²) in [6.45, 7) is 5.62. The van der Waals surface area contributed by atoms with Gasteiger partial charge >= 0.3 is 6.18 Å². The van der Waals surface area contributed by atoms with Crippen molar-refractivity contribution in [3.63, 3.8) is 0 Å². The summed E-state index contributed by atoms with van der Waals surface area (Å²) in [6, 6.07) is 0.578. The van der Waals surface area contributed by atoms with Gasteiger partial charge in [0.25, 0.3) is 5.56 Å². The van der Waals surface area contributed by atoms with Gasteiger partial charge in [-0.05, 0) is 26.8 Å². The first-order valence-electron chi connectivity index (χ1n) is 7.31. The fourth-order valence-corrected chi connectivity index (χ4v) is 2.51. The fraction of sp³-hybridized carbons (Fsp3) is 0.533. The molecule has 2 amide bonds. The number of aromatic amines is 1. The first-order valence-corrected chi connectivity index (χ1v) is 7.31. The molecule has 0 saturated carbocycles. The van der Waals surface area contributed by atoms with Crippen molar-refractivity contribution in [2.45, 2.75) is 38.9 Å². The number of pyridine rings is 1. The number of aromatic nitrogens is 1. The third kappa shape index (κ3) is 3.77. The lowest BCUT2D eigenvalue weighted by atomic mass is 10.1. The van der Waals surface area contributed by atoms with Gasteiger partial charge in [0.1, 0.15) is 5.69 Å². The zero-order valence-corrected chi connectivity index (χ0v) is 13.5. The first-order chi connectivity index (χ1) is 10.9. The molecule has 0 spiro atoms. The first kappa shape index (κ1) is 18.0. The number of halogens is 3. The number of carbonyl (C=O) groups is 2. The zero-order chi connectivity index (χ0) is 18.3. The Hall–Kier alpha value is -2.32. The summed E-state index contributed by atoms with van der Waals surface area (Å²) >= 11 is 0. The van der Waals surface area contributed by atoms with Crippen molar-refractivity contribution < 1.29 is 22.8 Å². The molecule has 0 aliphatic carbocycles. The maximum atomic E-state index is 12.7. The van der Waals surface area contributed by atoms with E-state index in [1.54, 1.807) is 0 Å². The second-order valence-corrected chi connectivity index (χ2v) is 6.69. The van der Waals surface area contributed by atoms with Crippen molar-refractivity contribution in [3.8, 4) is 0 Å². The SMILES string of the molecule is CC(C)(C)N1CC(C(=O)Nc2cc(C(F)(F)F)c[nH]c2=O)CC1=O. The number of rotatable bonds is 2. The van der Waals surface area contributed by atoms with E-state index in [0.717, 1.165) is 0 Å². The van der Waals surface area contributed by atoms with E-state index in [-0.39, 0.29) is 18.9 Å². The molecule has 1 aliphatic rings. The van der Waals surface area contributed by atoms with Crippen LogP contribution in [0.5, 0.6) is 0 Å². The predicted octanol–water partition coefficient (Wildman–Crippen LogP) is 1.98. The second kappa shape index (κ2) is 5.95. The Morgan fingerprint density at radius 3 is 2.42 bits per heavy atom. The molecule has 24 heavy (non-hydrogen) atoms. The van der Waals surface area contributed by atoms with Crippen LogP contribution in [0, 0.1) is 5.92 Å². The van der Waals surface area contributed by atoms with Crippen molar-refractivity contribution in [1.82, 2.24) is 9.88 Å². The van der Waals surface area contributed by atoms with Gasteiger partial charge in [0.05, 0.1) is 11.5 Å². The fourth-order valence-electron chi connectivity index (χ4n) is 2.51. The van der Waals surface area contributed by atoms with Crippen LogP contribution in [0.3, 0.4) is 0 Å². The van der Waals surface area contributed by atoms with Crippen molar-refractivity contribution in [2.24, 2.45) is 5.92 Å². The minimum absolute atomic E-state index is 0.0417. The zero-order valence-electron chi connectivity index (χ0n) is 13.5. The van der Waals surface area contributed by atoms with Gasteiger partial charge in [-0.1, -0.05) is 0 Å². The van der Waals surface area contributed by atoms with Crippen LogP contribution < -0.4 is 10.9 Å². The summed E-state index contributed by atoms with van der Waals surface area (Å²) in [6.07, 6.45) is -4.14. The monoisotopic (exact) mass is 345 g/mol. The number of anilines is 1. The molecule has 132 valence electrons. The quantitative estimate of drug-likeness (QED) is 0.860. The largest absolute Gasteiger partial charge is 0.417 e. The van der Waals surface area contributed by atoms with E-state index >= 15 is 0 Å².